The van der Waals surface area contributed by atoms with E-state index in [9.17, 15) is 0 Å². The van der Waals surface area contributed by atoms with Crippen LogP contribution in [0.3, 0.4) is 0 Å². The molecule has 2 N–H and O–H groups in total. The van der Waals surface area contributed by atoms with E-state index in [2.05, 4.69) is 40.7 Å². The quantitative estimate of drug-likeness (QED) is 0.896. The lowest BCUT2D eigenvalue weighted by Gasteiger charge is -2.35. The van der Waals surface area contributed by atoms with Gasteiger partial charge in [0, 0.05) is 26.2 Å². The molecule has 1 fully saturated rings. The number of nitrogens with zero attached hydrogens (tertiary/aromatic N) is 4. The van der Waals surface area contributed by atoms with Crippen molar-refractivity contribution in [2.75, 3.05) is 35.7 Å². The van der Waals surface area contributed by atoms with Gasteiger partial charge < -0.3 is 15.5 Å². The van der Waals surface area contributed by atoms with Gasteiger partial charge in [0.1, 0.15) is 12.0 Å². The summed E-state index contributed by atoms with van der Waals surface area (Å²) in [6.45, 7) is 6.46. The fourth-order valence-electron chi connectivity index (χ4n) is 2.82. The van der Waals surface area contributed by atoms with Crippen LogP contribution in [0.5, 0.6) is 0 Å². The van der Waals surface area contributed by atoms with Crippen molar-refractivity contribution in [1.82, 2.24) is 9.97 Å². The minimum Gasteiger partial charge on any atom is -0.393 e. The molecule has 2 rings (SSSR count). The third-order valence-electron chi connectivity index (χ3n) is 4.13. The summed E-state index contributed by atoms with van der Waals surface area (Å²) in [5.74, 6) is 1.77. The number of hydrogen-bond acceptors (Lipinski definition) is 5. The zero-order valence-corrected chi connectivity index (χ0v) is 13.0. The van der Waals surface area contributed by atoms with Crippen molar-refractivity contribution in [2.45, 2.75) is 52.0 Å². The summed E-state index contributed by atoms with van der Waals surface area (Å²) in [4.78, 5) is 13.3. The van der Waals surface area contributed by atoms with Crippen LogP contribution < -0.4 is 15.5 Å². The largest absolute Gasteiger partial charge is 0.393 e. The number of rotatable bonds is 5. The fraction of sp³-hybridized carbons (Fsp3) is 0.733. The molecule has 1 saturated heterocycles. The second kappa shape index (κ2) is 6.77. The molecule has 0 aromatic carbocycles. The molecule has 1 aromatic rings. The van der Waals surface area contributed by atoms with Gasteiger partial charge in [0.2, 0.25) is 0 Å². The molecule has 1 unspecified atom stereocenters. The number of anilines is 3. The maximum Gasteiger partial charge on any atom is 0.157 e. The maximum absolute atomic E-state index is 6.34. The lowest BCUT2D eigenvalue weighted by Crippen LogP contribution is -2.38. The molecule has 1 atom stereocenters. The zero-order valence-electron chi connectivity index (χ0n) is 13.0. The summed E-state index contributed by atoms with van der Waals surface area (Å²) in [7, 11) is 2.05. The van der Waals surface area contributed by atoms with E-state index in [0.717, 1.165) is 36.8 Å². The van der Waals surface area contributed by atoms with Crippen molar-refractivity contribution in [2.24, 2.45) is 0 Å². The van der Waals surface area contributed by atoms with Crippen LogP contribution in [0.4, 0.5) is 17.3 Å². The van der Waals surface area contributed by atoms with Crippen LogP contribution >= 0.6 is 0 Å². The molecule has 112 valence electrons. The summed E-state index contributed by atoms with van der Waals surface area (Å²) in [6, 6.07) is 0.509. The Bertz CT molecular complexity index is 434. The van der Waals surface area contributed by atoms with E-state index in [1.807, 2.05) is 0 Å². The first-order valence-electron chi connectivity index (χ1n) is 7.73. The second-order valence-electron chi connectivity index (χ2n) is 5.75. The zero-order chi connectivity index (χ0) is 14.5. The first-order valence-corrected chi connectivity index (χ1v) is 7.73. The highest BCUT2D eigenvalue weighted by atomic mass is 15.3. The van der Waals surface area contributed by atoms with Gasteiger partial charge in [-0.1, -0.05) is 13.3 Å². The van der Waals surface area contributed by atoms with Crippen molar-refractivity contribution in [3.63, 3.8) is 0 Å². The minimum absolute atomic E-state index is 0.509. The Hall–Kier alpha value is -1.52. The van der Waals surface area contributed by atoms with Crippen LogP contribution in [0.1, 0.15) is 46.0 Å². The molecule has 0 bridgehead atoms. The first kappa shape index (κ1) is 14.9. The van der Waals surface area contributed by atoms with Crippen molar-refractivity contribution < 1.29 is 0 Å². The average molecular weight is 277 g/mol. The molecule has 1 aliphatic heterocycles. The van der Waals surface area contributed by atoms with Gasteiger partial charge in [-0.05, 0) is 32.6 Å². The van der Waals surface area contributed by atoms with Gasteiger partial charge in [-0.3, -0.25) is 0 Å². The molecule has 0 saturated carbocycles. The van der Waals surface area contributed by atoms with E-state index in [-0.39, 0.29) is 0 Å². The number of nitrogens with two attached hydrogens (primary N) is 1. The SMILES string of the molecule is CCCCN(C)c1ncnc(N2CCCCC2C)c1N. The summed E-state index contributed by atoms with van der Waals surface area (Å²) < 4.78 is 0. The third-order valence-corrected chi connectivity index (χ3v) is 4.13. The van der Waals surface area contributed by atoms with Crippen LogP contribution in [0.2, 0.25) is 0 Å². The van der Waals surface area contributed by atoms with Crippen LogP contribution in [-0.4, -0.2) is 36.1 Å². The van der Waals surface area contributed by atoms with E-state index in [0.29, 0.717) is 6.04 Å². The third kappa shape index (κ3) is 3.14. The lowest BCUT2D eigenvalue weighted by molar-refractivity contribution is 0.481. The van der Waals surface area contributed by atoms with Crippen molar-refractivity contribution in [3.8, 4) is 0 Å². The van der Waals surface area contributed by atoms with E-state index in [1.165, 1.54) is 25.7 Å². The van der Waals surface area contributed by atoms with Crippen LogP contribution in [0.15, 0.2) is 6.33 Å². The van der Waals surface area contributed by atoms with Gasteiger partial charge in [0.05, 0.1) is 0 Å². The Labute approximate surface area is 122 Å². The fourth-order valence-corrected chi connectivity index (χ4v) is 2.82. The van der Waals surface area contributed by atoms with Crippen molar-refractivity contribution in [3.05, 3.63) is 6.33 Å². The molecular weight excluding hydrogens is 250 g/mol. The highest BCUT2D eigenvalue weighted by Crippen LogP contribution is 2.32. The normalized spacial score (nSPS) is 19.1. The van der Waals surface area contributed by atoms with E-state index < -0.39 is 0 Å². The highest BCUT2D eigenvalue weighted by Gasteiger charge is 2.23. The van der Waals surface area contributed by atoms with Crippen molar-refractivity contribution >= 4 is 17.3 Å². The summed E-state index contributed by atoms with van der Waals surface area (Å²) >= 11 is 0. The molecular formula is C15H27N5. The molecule has 1 aromatic heterocycles. The number of hydrogen-bond donors (Lipinski definition) is 1. The topological polar surface area (TPSA) is 58.3 Å². The summed E-state index contributed by atoms with van der Waals surface area (Å²) in [6.07, 6.45) is 7.69. The van der Waals surface area contributed by atoms with E-state index in [1.54, 1.807) is 6.33 Å². The molecule has 5 nitrogen and oxygen atoms in total. The second-order valence-corrected chi connectivity index (χ2v) is 5.75. The van der Waals surface area contributed by atoms with Gasteiger partial charge in [-0.2, -0.15) is 0 Å². The molecule has 0 amide bonds. The number of piperidine rings is 1. The lowest BCUT2D eigenvalue weighted by atomic mass is 10.0. The molecule has 5 heteroatoms. The predicted molar refractivity (Wildman–Crippen MR) is 85.3 cm³/mol. The monoisotopic (exact) mass is 277 g/mol. The molecule has 20 heavy (non-hydrogen) atoms. The van der Waals surface area contributed by atoms with Gasteiger partial charge in [0.25, 0.3) is 0 Å². The molecule has 0 aliphatic carbocycles. The predicted octanol–water partition coefficient (Wildman–Crippen LogP) is 2.67. The maximum atomic E-state index is 6.34. The molecule has 2 heterocycles. The Morgan fingerprint density at radius 3 is 2.90 bits per heavy atom. The van der Waals surface area contributed by atoms with Gasteiger partial charge >= 0.3 is 0 Å². The number of nitrogen functional groups attached to an aromatic ring is 1. The number of unbranched alkanes of at least 4 members (excludes halogenated alkanes) is 1. The van der Waals surface area contributed by atoms with E-state index in [4.69, 9.17) is 5.73 Å². The van der Waals surface area contributed by atoms with Crippen LogP contribution in [0.25, 0.3) is 0 Å². The van der Waals surface area contributed by atoms with Gasteiger partial charge in [-0.15, -0.1) is 0 Å². The van der Waals surface area contributed by atoms with Crippen molar-refractivity contribution in [1.29, 1.82) is 0 Å². The van der Waals surface area contributed by atoms with Gasteiger partial charge in [-0.25, -0.2) is 9.97 Å². The highest BCUT2D eigenvalue weighted by molar-refractivity contribution is 5.75. The molecule has 0 spiro atoms. The van der Waals surface area contributed by atoms with Crippen LogP contribution in [0, 0.1) is 0 Å². The Morgan fingerprint density at radius 2 is 2.20 bits per heavy atom. The van der Waals surface area contributed by atoms with E-state index >= 15 is 0 Å². The molecule has 1 aliphatic rings. The van der Waals surface area contributed by atoms with Gasteiger partial charge in [0.15, 0.2) is 11.6 Å². The summed E-state index contributed by atoms with van der Waals surface area (Å²) in [5, 5.41) is 0. The Balaban J connectivity index is 2.22. The minimum atomic E-state index is 0.509. The summed E-state index contributed by atoms with van der Waals surface area (Å²) in [5.41, 5.74) is 7.06. The number of aromatic nitrogens is 2. The van der Waals surface area contributed by atoms with Crippen LogP contribution in [-0.2, 0) is 0 Å². The smallest absolute Gasteiger partial charge is 0.157 e. The standard InChI is InChI=1S/C15H27N5/c1-4-5-9-19(3)14-13(16)15(18-11-17-14)20-10-7-6-8-12(20)2/h11-12H,4-10,16H2,1-3H3. The Kier molecular flexibility index (Phi) is 5.04. The molecule has 0 radical (unpaired) electrons. The Morgan fingerprint density at radius 1 is 1.40 bits per heavy atom. The first-order chi connectivity index (χ1) is 9.65. The average Bonchev–Trinajstić information content (AvgIpc) is 2.46.